The molecular formula is C11H11N5O4. The van der Waals surface area contributed by atoms with Crippen molar-refractivity contribution in [2.75, 3.05) is 5.43 Å². The Morgan fingerprint density at radius 3 is 2.65 bits per heavy atom. The van der Waals surface area contributed by atoms with Crippen LogP contribution < -0.4 is 5.43 Å². The van der Waals surface area contributed by atoms with Crippen molar-refractivity contribution in [3.63, 3.8) is 0 Å². The predicted molar refractivity (Wildman–Crippen MR) is 71.3 cm³/mol. The number of nitrogens with zero attached hydrogens (tertiary/aromatic N) is 4. The number of nitro groups is 2. The topological polar surface area (TPSA) is 134 Å². The predicted octanol–water partition coefficient (Wildman–Crippen LogP) is 2.59. The maximum atomic E-state index is 10.9. The smallest absolute Gasteiger partial charge is 0.272 e. The molecular weight excluding hydrogens is 266 g/mol. The summed E-state index contributed by atoms with van der Waals surface area (Å²) >= 11 is 0. The summed E-state index contributed by atoms with van der Waals surface area (Å²) in [4.78, 5) is 20.0. The second kappa shape index (κ2) is 6.79. The molecule has 104 valence electrons. The maximum Gasteiger partial charge on any atom is 0.301 e. The van der Waals surface area contributed by atoms with E-state index < -0.39 is 15.5 Å². The quantitative estimate of drug-likeness (QED) is 0.482. The molecule has 1 aromatic rings. The highest BCUT2D eigenvalue weighted by Gasteiger charge is 2.19. The molecule has 9 nitrogen and oxygen atoms in total. The zero-order chi connectivity index (χ0) is 15.1. The number of hydrogen-bond acceptors (Lipinski definition) is 7. The number of non-ortho nitro benzene ring substituents is 1. The van der Waals surface area contributed by atoms with Gasteiger partial charge in [0, 0.05) is 24.6 Å². The molecule has 20 heavy (non-hydrogen) atoms. The highest BCUT2D eigenvalue weighted by Crippen LogP contribution is 2.28. The second-order valence-electron chi connectivity index (χ2n) is 3.83. The van der Waals surface area contributed by atoms with Crippen molar-refractivity contribution < 1.29 is 9.85 Å². The van der Waals surface area contributed by atoms with Gasteiger partial charge in [0.15, 0.2) is 0 Å². The fourth-order valence-corrected chi connectivity index (χ4v) is 1.33. The molecule has 1 N–H and O–H groups in total. The molecule has 0 amide bonds. The molecule has 0 radical (unpaired) electrons. The Labute approximate surface area is 113 Å². The van der Waals surface area contributed by atoms with Gasteiger partial charge in [0.2, 0.25) is 0 Å². The number of nitro benzene ring substituents is 2. The van der Waals surface area contributed by atoms with Crippen LogP contribution in [-0.2, 0) is 0 Å². The van der Waals surface area contributed by atoms with E-state index in [1.165, 1.54) is 6.07 Å². The summed E-state index contributed by atoms with van der Waals surface area (Å²) in [5.74, 6) is 0. The van der Waals surface area contributed by atoms with Gasteiger partial charge in [0.1, 0.15) is 5.69 Å². The lowest BCUT2D eigenvalue weighted by Gasteiger charge is -2.03. The SMILES string of the molecule is C/C(CCC#N)=N\Nc1ccc([N+](=O)[O-])cc1[N+](=O)[O-]. The first-order chi connectivity index (χ1) is 9.45. The Balaban J connectivity index is 2.98. The molecule has 0 heterocycles. The van der Waals surface area contributed by atoms with E-state index in [9.17, 15) is 20.2 Å². The molecule has 0 atom stereocenters. The highest BCUT2D eigenvalue weighted by molar-refractivity contribution is 5.83. The minimum Gasteiger partial charge on any atom is -0.272 e. The maximum absolute atomic E-state index is 10.9. The molecule has 0 aliphatic heterocycles. The van der Waals surface area contributed by atoms with Gasteiger partial charge in [-0.25, -0.2) is 0 Å². The van der Waals surface area contributed by atoms with Gasteiger partial charge in [-0.1, -0.05) is 0 Å². The minimum atomic E-state index is -0.727. The molecule has 1 aromatic carbocycles. The molecule has 0 aliphatic rings. The molecule has 0 spiro atoms. The summed E-state index contributed by atoms with van der Waals surface area (Å²) in [6.07, 6.45) is 0.726. The minimum absolute atomic E-state index is 0.0527. The number of hydrazone groups is 1. The van der Waals surface area contributed by atoms with Gasteiger partial charge in [-0.15, -0.1) is 0 Å². The van der Waals surface area contributed by atoms with E-state index in [-0.39, 0.29) is 11.4 Å². The molecule has 0 unspecified atom stereocenters. The Morgan fingerprint density at radius 2 is 2.10 bits per heavy atom. The van der Waals surface area contributed by atoms with Crippen molar-refractivity contribution in [1.29, 1.82) is 5.26 Å². The van der Waals surface area contributed by atoms with Crippen molar-refractivity contribution in [2.45, 2.75) is 19.8 Å². The van der Waals surface area contributed by atoms with Crippen molar-refractivity contribution in [3.8, 4) is 6.07 Å². The zero-order valence-corrected chi connectivity index (χ0v) is 10.6. The van der Waals surface area contributed by atoms with Crippen LogP contribution in [0.2, 0.25) is 0 Å². The van der Waals surface area contributed by atoms with Crippen LogP contribution in [0.3, 0.4) is 0 Å². The summed E-state index contributed by atoms with van der Waals surface area (Å²) in [6.45, 7) is 1.67. The summed E-state index contributed by atoms with van der Waals surface area (Å²) in [5.41, 5.74) is 2.33. The van der Waals surface area contributed by atoms with Crippen LogP contribution in [0, 0.1) is 31.6 Å². The standard InChI is InChI=1S/C11H11N5O4/c1-8(3-2-6-12)13-14-10-5-4-9(15(17)18)7-11(10)16(19)20/h4-5,7,14H,2-3H2,1H3/b13-8+. The molecule has 9 heteroatoms. The van der Waals surface area contributed by atoms with Gasteiger partial charge in [-0.3, -0.25) is 25.7 Å². The van der Waals surface area contributed by atoms with Crippen LogP contribution in [0.1, 0.15) is 19.8 Å². The number of benzene rings is 1. The van der Waals surface area contributed by atoms with E-state index in [1.54, 1.807) is 6.92 Å². The highest BCUT2D eigenvalue weighted by atomic mass is 16.6. The lowest BCUT2D eigenvalue weighted by Crippen LogP contribution is -2.01. The Hall–Kier alpha value is -3.02. The average molecular weight is 277 g/mol. The van der Waals surface area contributed by atoms with E-state index in [4.69, 9.17) is 5.26 Å². The van der Waals surface area contributed by atoms with Crippen LogP contribution in [0.4, 0.5) is 17.1 Å². The summed E-state index contributed by atoms with van der Waals surface area (Å²) < 4.78 is 0. The van der Waals surface area contributed by atoms with E-state index in [0.717, 1.165) is 12.1 Å². The summed E-state index contributed by atoms with van der Waals surface area (Å²) in [6, 6.07) is 5.19. The van der Waals surface area contributed by atoms with E-state index in [2.05, 4.69) is 10.5 Å². The fraction of sp³-hybridized carbons (Fsp3) is 0.273. The third-order valence-electron chi connectivity index (χ3n) is 2.35. The lowest BCUT2D eigenvalue weighted by atomic mass is 10.2. The third kappa shape index (κ3) is 4.02. The number of anilines is 1. The monoisotopic (exact) mass is 277 g/mol. The number of nitriles is 1. The van der Waals surface area contributed by atoms with Crippen LogP contribution in [0.25, 0.3) is 0 Å². The van der Waals surface area contributed by atoms with E-state index in [0.29, 0.717) is 18.6 Å². The number of nitrogens with one attached hydrogen (secondary N) is 1. The van der Waals surface area contributed by atoms with E-state index in [1.807, 2.05) is 6.07 Å². The molecule has 0 fully saturated rings. The van der Waals surface area contributed by atoms with Gasteiger partial charge < -0.3 is 0 Å². The van der Waals surface area contributed by atoms with Gasteiger partial charge in [-0.05, 0) is 13.0 Å². The van der Waals surface area contributed by atoms with Crippen molar-refractivity contribution >= 4 is 22.8 Å². The van der Waals surface area contributed by atoms with Gasteiger partial charge in [-0.2, -0.15) is 10.4 Å². The molecule has 1 rings (SSSR count). The first-order valence-corrected chi connectivity index (χ1v) is 5.54. The number of rotatable bonds is 6. The van der Waals surface area contributed by atoms with Gasteiger partial charge >= 0.3 is 5.69 Å². The molecule has 0 saturated heterocycles. The number of hydrogen-bond donors (Lipinski definition) is 1. The Kier molecular flexibility index (Phi) is 5.11. The molecule has 0 aliphatic carbocycles. The largest absolute Gasteiger partial charge is 0.301 e. The van der Waals surface area contributed by atoms with E-state index >= 15 is 0 Å². The van der Waals surface area contributed by atoms with Crippen molar-refractivity contribution in [3.05, 3.63) is 38.4 Å². The van der Waals surface area contributed by atoms with Crippen LogP contribution in [0.5, 0.6) is 0 Å². The molecule has 0 bridgehead atoms. The lowest BCUT2D eigenvalue weighted by molar-refractivity contribution is -0.393. The Morgan fingerprint density at radius 1 is 1.40 bits per heavy atom. The normalized spacial score (nSPS) is 10.7. The van der Waals surface area contributed by atoms with Crippen molar-refractivity contribution in [1.82, 2.24) is 0 Å². The van der Waals surface area contributed by atoms with Crippen LogP contribution in [0.15, 0.2) is 23.3 Å². The fourth-order valence-electron chi connectivity index (χ4n) is 1.33. The average Bonchev–Trinajstić information content (AvgIpc) is 2.42. The first kappa shape index (κ1) is 15.0. The molecule has 0 saturated carbocycles. The second-order valence-corrected chi connectivity index (χ2v) is 3.83. The third-order valence-corrected chi connectivity index (χ3v) is 2.35. The first-order valence-electron chi connectivity index (χ1n) is 5.54. The van der Waals surface area contributed by atoms with Crippen LogP contribution in [-0.4, -0.2) is 15.6 Å². The summed E-state index contributed by atoms with van der Waals surface area (Å²) in [5, 5.41) is 33.8. The zero-order valence-electron chi connectivity index (χ0n) is 10.6. The Bertz CT molecular complexity index is 605. The van der Waals surface area contributed by atoms with Crippen molar-refractivity contribution in [2.24, 2.45) is 5.10 Å². The van der Waals surface area contributed by atoms with Gasteiger partial charge in [0.25, 0.3) is 5.69 Å². The van der Waals surface area contributed by atoms with Crippen LogP contribution >= 0.6 is 0 Å². The van der Waals surface area contributed by atoms with Gasteiger partial charge in [0.05, 0.1) is 22.0 Å². The summed E-state index contributed by atoms with van der Waals surface area (Å²) in [7, 11) is 0. The molecule has 0 aromatic heterocycles.